The van der Waals surface area contributed by atoms with E-state index in [0.29, 0.717) is 43.0 Å². The summed E-state index contributed by atoms with van der Waals surface area (Å²) in [5, 5.41) is 2.95. The van der Waals surface area contributed by atoms with Crippen LogP contribution in [0.25, 0.3) is 0 Å². The second kappa shape index (κ2) is 6.83. The summed E-state index contributed by atoms with van der Waals surface area (Å²) in [6, 6.07) is 1.67. The fourth-order valence-corrected chi connectivity index (χ4v) is 2.71. The van der Waals surface area contributed by atoms with E-state index >= 15 is 0 Å². The molecule has 6 nitrogen and oxygen atoms in total. The van der Waals surface area contributed by atoms with E-state index in [1.54, 1.807) is 11.0 Å². The minimum absolute atomic E-state index is 0.0195. The molecule has 1 aromatic rings. The van der Waals surface area contributed by atoms with Gasteiger partial charge in [-0.1, -0.05) is 0 Å². The van der Waals surface area contributed by atoms with Crippen LogP contribution in [-0.2, 0) is 4.79 Å². The third-order valence-electron chi connectivity index (χ3n) is 3.36. The van der Waals surface area contributed by atoms with Gasteiger partial charge in [0.05, 0.1) is 12.1 Å². The molecule has 0 radical (unpaired) electrons. The summed E-state index contributed by atoms with van der Waals surface area (Å²) in [5.74, 6) is -0.0146. The topological polar surface area (TPSA) is 65.8 Å². The Hall–Kier alpha value is -1.34. The van der Waals surface area contributed by atoms with Crippen molar-refractivity contribution in [2.24, 2.45) is 0 Å². The van der Waals surface area contributed by atoms with E-state index < -0.39 is 0 Å². The molecule has 7 heteroatoms. The van der Waals surface area contributed by atoms with E-state index in [9.17, 15) is 9.59 Å². The van der Waals surface area contributed by atoms with Gasteiger partial charge in [-0.15, -0.1) is 0 Å². The fourth-order valence-electron chi connectivity index (χ4n) is 2.37. The van der Waals surface area contributed by atoms with Crippen LogP contribution in [-0.4, -0.2) is 59.9 Å². The summed E-state index contributed by atoms with van der Waals surface area (Å²) in [6.07, 6.45) is 1.45. The number of hydrogen-bond donors (Lipinski definition) is 1. The maximum Gasteiger partial charge on any atom is 0.257 e. The molecular formula is C15H22BrN3O3. The van der Waals surface area contributed by atoms with Crippen LogP contribution in [0, 0.1) is 0 Å². The third kappa shape index (κ3) is 4.84. The van der Waals surface area contributed by atoms with E-state index in [1.165, 1.54) is 6.26 Å². The van der Waals surface area contributed by atoms with Gasteiger partial charge in [0.1, 0.15) is 6.26 Å². The molecular weight excluding hydrogens is 350 g/mol. The van der Waals surface area contributed by atoms with Gasteiger partial charge >= 0.3 is 0 Å². The predicted octanol–water partition coefficient (Wildman–Crippen LogP) is 1.71. The quantitative estimate of drug-likeness (QED) is 0.878. The van der Waals surface area contributed by atoms with Gasteiger partial charge in [-0.25, -0.2) is 0 Å². The Morgan fingerprint density at radius 3 is 2.41 bits per heavy atom. The lowest BCUT2D eigenvalue weighted by Gasteiger charge is -2.34. The molecule has 0 unspecified atom stereocenters. The van der Waals surface area contributed by atoms with Gasteiger partial charge < -0.3 is 14.6 Å². The molecule has 1 aliphatic heterocycles. The number of rotatable bonds is 3. The van der Waals surface area contributed by atoms with Crippen molar-refractivity contribution >= 4 is 27.7 Å². The number of hydrogen-bond acceptors (Lipinski definition) is 4. The summed E-state index contributed by atoms with van der Waals surface area (Å²) in [6.45, 7) is 8.88. The van der Waals surface area contributed by atoms with E-state index in [0.717, 1.165) is 0 Å². The molecule has 122 valence electrons. The fraction of sp³-hybridized carbons (Fsp3) is 0.600. The second-order valence-corrected chi connectivity index (χ2v) is 7.29. The zero-order valence-electron chi connectivity index (χ0n) is 13.2. The van der Waals surface area contributed by atoms with Crippen LogP contribution in [0.3, 0.4) is 0 Å². The highest BCUT2D eigenvalue weighted by atomic mass is 79.9. The Kier molecular flexibility index (Phi) is 5.28. The maximum absolute atomic E-state index is 12.3. The summed E-state index contributed by atoms with van der Waals surface area (Å²) < 4.78 is 5.65. The summed E-state index contributed by atoms with van der Waals surface area (Å²) >= 11 is 3.19. The van der Waals surface area contributed by atoms with Crippen LogP contribution < -0.4 is 5.32 Å². The highest BCUT2D eigenvalue weighted by Crippen LogP contribution is 2.16. The highest BCUT2D eigenvalue weighted by Gasteiger charge is 2.25. The standard InChI is InChI=1S/C15H22BrN3O3/c1-15(2,3)17-13(20)9-18-4-6-19(7-5-18)14(21)11-8-12(16)22-10-11/h8,10H,4-7,9H2,1-3H3,(H,17,20). The number of carbonyl (C=O) groups excluding carboxylic acids is 2. The highest BCUT2D eigenvalue weighted by molar-refractivity contribution is 9.10. The summed E-state index contributed by atoms with van der Waals surface area (Å²) in [7, 11) is 0. The monoisotopic (exact) mass is 371 g/mol. The number of nitrogens with one attached hydrogen (secondary N) is 1. The van der Waals surface area contributed by atoms with Gasteiger partial charge in [0.2, 0.25) is 5.91 Å². The molecule has 1 saturated heterocycles. The van der Waals surface area contributed by atoms with Gasteiger partial charge in [0.15, 0.2) is 4.67 Å². The van der Waals surface area contributed by atoms with Crippen molar-refractivity contribution in [3.63, 3.8) is 0 Å². The first-order chi connectivity index (χ1) is 10.2. The minimum Gasteiger partial charge on any atom is -0.457 e. The van der Waals surface area contributed by atoms with Crippen molar-refractivity contribution in [2.75, 3.05) is 32.7 Å². The van der Waals surface area contributed by atoms with E-state index in [1.807, 2.05) is 20.8 Å². The lowest BCUT2D eigenvalue weighted by molar-refractivity contribution is -0.124. The van der Waals surface area contributed by atoms with Crippen molar-refractivity contribution in [3.05, 3.63) is 22.6 Å². The number of nitrogens with zero attached hydrogens (tertiary/aromatic N) is 2. The van der Waals surface area contributed by atoms with Gasteiger partial charge in [-0.05, 0) is 36.7 Å². The number of halogens is 1. The smallest absolute Gasteiger partial charge is 0.257 e. The molecule has 0 aliphatic carbocycles. The largest absolute Gasteiger partial charge is 0.457 e. The molecule has 0 saturated carbocycles. The first kappa shape index (κ1) is 17.0. The lowest BCUT2D eigenvalue weighted by Crippen LogP contribution is -2.52. The molecule has 0 aromatic carbocycles. The SMILES string of the molecule is CC(C)(C)NC(=O)CN1CCN(C(=O)c2coc(Br)c2)CC1. The van der Waals surface area contributed by atoms with Crippen LogP contribution in [0.15, 0.2) is 21.4 Å². The van der Waals surface area contributed by atoms with Crippen molar-refractivity contribution in [2.45, 2.75) is 26.3 Å². The number of piperazine rings is 1. The second-order valence-electron chi connectivity index (χ2n) is 6.51. The zero-order chi connectivity index (χ0) is 16.3. The van der Waals surface area contributed by atoms with E-state index in [2.05, 4.69) is 26.1 Å². The normalized spacial score (nSPS) is 16.6. The Morgan fingerprint density at radius 2 is 1.91 bits per heavy atom. The molecule has 0 atom stereocenters. The first-order valence-electron chi connectivity index (χ1n) is 7.31. The molecule has 0 spiro atoms. The summed E-state index contributed by atoms with van der Waals surface area (Å²) in [4.78, 5) is 28.0. The molecule has 2 amide bonds. The molecule has 1 aliphatic rings. The minimum atomic E-state index is -0.219. The molecule has 2 heterocycles. The van der Waals surface area contributed by atoms with E-state index in [-0.39, 0.29) is 17.4 Å². The van der Waals surface area contributed by atoms with Crippen molar-refractivity contribution in [3.8, 4) is 0 Å². The van der Waals surface area contributed by atoms with Crippen LogP contribution in [0.4, 0.5) is 0 Å². The first-order valence-corrected chi connectivity index (χ1v) is 8.10. The van der Waals surface area contributed by atoms with E-state index in [4.69, 9.17) is 4.42 Å². The average Bonchev–Trinajstić information content (AvgIpc) is 2.83. The Labute approximate surface area is 138 Å². The molecule has 0 bridgehead atoms. The average molecular weight is 372 g/mol. The Bertz CT molecular complexity index is 542. The van der Waals surface area contributed by atoms with Crippen LogP contribution in [0.1, 0.15) is 31.1 Å². The van der Waals surface area contributed by atoms with Crippen molar-refractivity contribution in [1.29, 1.82) is 0 Å². The molecule has 1 fully saturated rings. The van der Waals surface area contributed by atoms with Gasteiger partial charge in [0.25, 0.3) is 5.91 Å². The Balaban J connectivity index is 1.80. The predicted molar refractivity (Wildman–Crippen MR) is 86.6 cm³/mol. The lowest BCUT2D eigenvalue weighted by atomic mass is 10.1. The van der Waals surface area contributed by atoms with Crippen molar-refractivity contribution in [1.82, 2.24) is 15.1 Å². The van der Waals surface area contributed by atoms with Gasteiger partial charge in [-0.3, -0.25) is 14.5 Å². The molecule has 22 heavy (non-hydrogen) atoms. The molecule has 1 N–H and O–H groups in total. The zero-order valence-corrected chi connectivity index (χ0v) is 14.8. The van der Waals surface area contributed by atoms with Crippen LogP contribution in [0.2, 0.25) is 0 Å². The maximum atomic E-state index is 12.3. The van der Waals surface area contributed by atoms with Crippen LogP contribution in [0.5, 0.6) is 0 Å². The molecule has 2 rings (SSSR count). The van der Waals surface area contributed by atoms with Crippen molar-refractivity contribution < 1.29 is 14.0 Å². The van der Waals surface area contributed by atoms with Crippen LogP contribution >= 0.6 is 15.9 Å². The number of amides is 2. The Morgan fingerprint density at radius 1 is 1.27 bits per heavy atom. The van der Waals surface area contributed by atoms with Gasteiger partial charge in [-0.2, -0.15) is 0 Å². The number of carbonyl (C=O) groups is 2. The summed E-state index contributed by atoms with van der Waals surface area (Å²) in [5.41, 5.74) is 0.328. The number of furan rings is 1. The molecule has 1 aromatic heterocycles. The van der Waals surface area contributed by atoms with Gasteiger partial charge in [0, 0.05) is 37.8 Å². The third-order valence-corrected chi connectivity index (χ3v) is 3.77.